The maximum Gasteiger partial charge on any atom is 0.211 e. The molecule has 1 heterocycles. The highest BCUT2D eigenvalue weighted by Crippen LogP contribution is 2.06. The van der Waals surface area contributed by atoms with Crippen LogP contribution >= 0.6 is 11.8 Å². The number of rotatable bonds is 0. The molecule has 0 aliphatic carbocycles. The van der Waals surface area contributed by atoms with Gasteiger partial charge in [0.05, 0.1) is 7.11 Å². The lowest BCUT2D eigenvalue weighted by atomic mass is 10.4. The second kappa shape index (κ2) is 2.73. The van der Waals surface area contributed by atoms with Gasteiger partial charge in [0.2, 0.25) is 5.90 Å². The fraction of sp³-hybridized carbons (Fsp3) is 0.400. The molecule has 1 aliphatic heterocycles. The van der Waals surface area contributed by atoms with Crippen LogP contribution in [0.3, 0.4) is 0 Å². The Morgan fingerprint density at radius 2 is 2.67 bits per heavy atom. The van der Waals surface area contributed by atoms with Gasteiger partial charge in [-0.1, -0.05) is 6.08 Å². The Hall–Kier alpha value is -0.700. The van der Waals surface area contributed by atoms with Crippen LogP contribution < -0.4 is 0 Å². The molecule has 0 radical (unpaired) electrons. The van der Waals surface area contributed by atoms with Gasteiger partial charge >= 0.3 is 0 Å². The van der Waals surface area contributed by atoms with Crippen LogP contribution in [0, 0.1) is 0 Å². The molecule has 0 atom stereocenters. The van der Waals surface area contributed by atoms with Crippen molar-refractivity contribution in [2.45, 2.75) is 6.42 Å². The Labute approximate surface area is 58.7 Å². The molecular formula is C5H7ClN2O. The van der Waals surface area contributed by atoms with Gasteiger partial charge in [-0.2, -0.15) is 4.53 Å². The van der Waals surface area contributed by atoms with Crippen LogP contribution in [0.15, 0.2) is 17.4 Å². The highest BCUT2D eigenvalue weighted by molar-refractivity contribution is 6.14. The molecule has 0 aromatic heterocycles. The summed E-state index contributed by atoms with van der Waals surface area (Å²) < 4.78 is 6.03. The Morgan fingerprint density at radius 1 is 1.89 bits per heavy atom. The van der Waals surface area contributed by atoms with Crippen LogP contribution in [0.4, 0.5) is 0 Å². The van der Waals surface area contributed by atoms with Crippen molar-refractivity contribution in [1.29, 1.82) is 0 Å². The molecule has 1 aliphatic rings. The number of methoxy groups -OCH3 is 1. The van der Waals surface area contributed by atoms with Gasteiger partial charge in [-0.15, -0.1) is 5.10 Å². The smallest absolute Gasteiger partial charge is 0.211 e. The first-order valence-electron chi connectivity index (χ1n) is 2.56. The Balaban J connectivity index is 2.55. The van der Waals surface area contributed by atoms with E-state index in [9.17, 15) is 0 Å². The minimum atomic E-state index is 0.632. The van der Waals surface area contributed by atoms with Gasteiger partial charge in [-0.05, 0) is 0 Å². The van der Waals surface area contributed by atoms with Crippen LogP contribution in [0.2, 0.25) is 0 Å². The topological polar surface area (TPSA) is 24.8 Å². The summed E-state index contributed by atoms with van der Waals surface area (Å²) in [5, 5.41) is 3.81. The second-order valence-corrected chi connectivity index (χ2v) is 1.92. The van der Waals surface area contributed by atoms with E-state index in [4.69, 9.17) is 16.5 Å². The summed E-state index contributed by atoms with van der Waals surface area (Å²) in [6.45, 7) is 0. The Bertz CT molecular complexity index is 155. The standard InChI is InChI=1S/C5H7ClN2O/c1-9-5-3-2-4-8(6)7-5/h2,4H,3H2,1H3. The third kappa shape index (κ3) is 1.61. The fourth-order valence-electron chi connectivity index (χ4n) is 0.545. The summed E-state index contributed by atoms with van der Waals surface area (Å²) in [5.41, 5.74) is 0. The van der Waals surface area contributed by atoms with Gasteiger partial charge < -0.3 is 4.74 Å². The van der Waals surface area contributed by atoms with Gasteiger partial charge in [-0.25, -0.2) is 0 Å². The van der Waals surface area contributed by atoms with E-state index >= 15 is 0 Å². The molecule has 0 aromatic carbocycles. The molecule has 3 nitrogen and oxygen atoms in total. The van der Waals surface area contributed by atoms with Gasteiger partial charge in [0.15, 0.2) is 0 Å². The molecule has 0 aromatic rings. The molecule has 0 spiro atoms. The van der Waals surface area contributed by atoms with Gasteiger partial charge in [0.25, 0.3) is 0 Å². The molecule has 4 heteroatoms. The number of hydrogen-bond acceptors (Lipinski definition) is 3. The van der Waals surface area contributed by atoms with Crippen LogP contribution in [-0.2, 0) is 4.74 Å². The molecule has 50 valence electrons. The lowest BCUT2D eigenvalue weighted by Crippen LogP contribution is -2.09. The summed E-state index contributed by atoms with van der Waals surface area (Å²) in [5.74, 6) is 0.632. The zero-order valence-electron chi connectivity index (χ0n) is 5.04. The molecule has 0 fully saturated rings. The van der Waals surface area contributed by atoms with Crippen LogP contribution in [0.25, 0.3) is 0 Å². The average Bonchev–Trinajstić information content (AvgIpc) is 1.88. The fourth-order valence-corrected chi connectivity index (χ4v) is 0.709. The summed E-state index contributed by atoms with van der Waals surface area (Å²) >= 11 is 5.47. The molecule has 9 heavy (non-hydrogen) atoms. The lowest BCUT2D eigenvalue weighted by molar-refractivity contribution is 0.378. The Kier molecular flexibility index (Phi) is 1.95. The highest BCUT2D eigenvalue weighted by Gasteiger charge is 2.02. The van der Waals surface area contributed by atoms with Crippen LogP contribution in [-0.4, -0.2) is 17.5 Å². The summed E-state index contributed by atoms with van der Waals surface area (Å²) in [6, 6.07) is 0. The van der Waals surface area contributed by atoms with Gasteiger partial charge in [-0.3, -0.25) is 0 Å². The minimum Gasteiger partial charge on any atom is -0.483 e. The first kappa shape index (κ1) is 6.42. The van der Waals surface area contributed by atoms with E-state index in [-0.39, 0.29) is 0 Å². The number of ether oxygens (including phenoxy) is 1. The summed E-state index contributed by atoms with van der Waals surface area (Å²) in [4.78, 5) is 0. The maximum absolute atomic E-state index is 5.47. The van der Waals surface area contributed by atoms with Crippen molar-refractivity contribution in [3.05, 3.63) is 12.3 Å². The number of hydrazone groups is 1. The van der Waals surface area contributed by atoms with E-state index in [0.29, 0.717) is 5.90 Å². The summed E-state index contributed by atoms with van der Waals surface area (Å²) in [6.07, 6.45) is 4.27. The van der Waals surface area contributed by atoms with E-state index < -0.39 is 0 Å². The molecule has 1 rings (SSSR count). The number of halogens is 1. The zero-order valence-corrected chi connectivity index (χ0v) is 5.80. The van der Waals surface area contributed by atoms with E-state index in [1.807, 2.05) is 6.08 Å². The van der Waals surface area contributed by atoms with Crippen molar-refractivity contribution in [3.8, 4) is 0 Å². The lowest BCUT2D eigenvalue weighted by Gasteiger charge is -2.10. The quantitative estimate of drug-likeness (QED) is 0.482. The monoisotopic (exact) mass is 146 g/mol. The average molecular weight is 147 g/mol. The molecule has 0 saturated carbocycles. The molecule has 0 bridgehead atoms. The van der Waals surface area contributed by atoms with Crippen molar-refractivity contribution in [3.63, 3.8) is 0 Å². The normalized spacial score (nSPS) is 17.6. The number of hydrogen-bond donors (Lipinski definition) is 0. The molecule has 0 saturated heterocycles. The van der Waals surface area contributed by atoms with Crippen molar-refractivity contribution in [2.24, 2.45) is 5.10 Å². The van der Waals surface area contributed by atoms with E-state index in [0.717, 1.165) is 6.42 Å². The minimum absolute atomic E-state index is 0.632. The van der Waals surface area contributed by atoms with Gasteiger partial charge in [0.1, 0.15) is 0 Å². The third-order valence-electron chi connectivity index (χ3n) is 0.964. The zero-order chi connectivity index (χ0) is 6.69. The van der Waals surface area contributed by atoms with Crippen molar-refractivity contribution >= 4 is 17.7 Å². The highest BCUT2D eigenvalue weighted by atomic mass is 35.5. The SMILES string of the molecule is COC1=NN(Cl)C=CC1. The van der Waals surface area contributed by atoms with Crippen LogP contribution in [0.5, 0.6) is 0 Å². The molecule has 0 unspecified atom stereocenters. The molecule has 0 N–H and O–H groups in total. The van der Waals surface area contributed by atoms with Gasteiger partial charge in [0, 0.05) is 24.4 Å². The summed E-state index contributed by atoms with van der Waals surface area (Å²) in [7, 11) is 1.57. The maximum atomic E-state index is 5.47. The molecular weight excluding hydrogens is 140 g/mol. The Morgan fingerprint density at radius 3 is 3.11 bits per heavy atom. The van der Waals surface area contributed by atoms with Crippen LogP contribution in [0.1, 0.15) is 6.42 Å². The van der Waals surface area contributed by atoms with Crippen molar-refractivity contribution in [1.82, 2.24) is 4.53 Å². The van der Waals surface area contributed by atoms with Crippen molar-refractivity contribution < 1.29 is 4.74 Å². The third-order valence-corrected chi connectivity index (χ3v) is 1.15. The van der Waals surface area contributed by atoms with E-state index in [2.05, 4.69) is 5.10 Å². The first-order chi connectivity index (χ1) is 4.33. The van der Waals surface area contributed by atoms with E-state index in [1.165, 1.54) is 4.53 Å². The number of nitrogens with zero attached hydrogens (tertiary/aromatic N) is 2. The predicted molar refractivity (Wildman–Crippen MR) is 35.9 cm³/mol. The predicted octanol–water partition coefficient (Wildman–Crippen LogP) is 1.32. The second-order valence-electron chi connectivity index (χ2n) is 1.58. The largest absolute Gasteiger partial charge is 0.483 e. The molecule has 0 amide bonds. The van der Waals surface area contributed by atoms with Crippen molar-refractivity contribution in [2.75, 3.05) is 7.11 Å². The van der Waals surface area contributed by atoms with E-state index in [1.54, 1.807) is 13.3 Å². The first-order valence-corrected chi connectivity index (χ1v) is 2.90.